The molecule has 2 aromatic carbocycles. The maximum atomic E-state index is 12.2. The number of carbonyl (C=O) groups is 1. The average Bonchev–Trinajstić information content (AvgIpc) is 3.03. The lowest BCUT2D eigenvalue weighted by Gasteiger charge is -2.02. The Morgan fingerprint density at radius 3 is 2.61 bits per heavy atom. The van der Waals surface area contributed by atoms with Crippen molar-refractivity contribution in [3.05, 3.63) is 54.1 Å². The van der Waals surface area contributed by atoms with Crippen molar-refractivity contribution in [3.8, 4) is 17.1 Å². The van der Waals surface area contributed by atoms with E-state index in [1.807, 2.05) is 18.2 Å². The van der Waals surface area contributed by atoms with E-state index in [1.54, 1.807) is 37.4 Å². The summed E-state index contributed by atoms with van der Waals surface area (Å²) in [5, 5.41) is 12.1. The van der Waals surface area contributed by atoms with Gasteiger partial charge in [-0.15, -0.1) is 10.2 Å². The molecule has 116 valence electrons. The van der Waals surface area contributed by atoms with Gasteiger partial charge in [0, 0.05) is 16.8 Å². The Labute approximate surface area is 132 Å². The van der Waals surface area contributed by atoms with Crippen LogP contribution in [0.3, 0.4) is 0 Å². The summed E-state index contributed by atoms with van der Waals surface area (Å²) in [5.74, 6) is 0.977. The minimum atomic E-state index is -0.113. The molecule has 3 aromatic rings. The van der Waals surface area contributed by atoms with E-state index in [1.165, 1.54) is 4.80 Å². The number of carbonyl (C=O) groups excluding carboxylic acids is 1. The standard InChI is InChI=1S/C16H15N5O2/c1-23-12-8-6-11(7-9-12)15(22)10-21-19-16(18-20-21)13-4-2-3-5-14(13)17/h2-9H,10,17H2,1H3. The summed E-state index contributed by atoms with van der Waals surface area (Å²) in [6, 6.07) is 14.1. The van der Waals surface area contributed by atoms with E-state index in [9.17, 15) is 4.79 Å². The van der Waals surface area contributed by atoms with Crippen LogP contribution in [0.2, 0.25) is 0 Å². The van der Waals surface area contributed by atoms with Crippen molar-refractivity contribution in [2.45, 2.75) is 6.54 Å². The van der Waals surface area contributed by atoms with Crippen molar-refractivity contribution in [3.63, 3.8) is 0 Å². The Morgan fingerprint density at radius 1 is 1.17 bits per heavy atom. The quantitative estimate of drug-likeness (QED) is 0.570. The van der Waals surface area contributed by atoms with Crippen LogP contribution in [0.4, 0.5) is 5.69 Å². The van der Waals surface area contributed by atoms with Crippen molar-refractivity contribution in [2.75, 3.05) is 12.8 Å². The number of hydrogen-bond donors (Lipinski definition) is 1. The zero-order valence-corrected chi connectivity index (χ0v) is 12.5. The average molecular weight is 309 g/mol. The molecule has 3 rings (SSSR count). The first-order valence-electron chi connectivity index (χ1n) is 6.97. The van der Waals surface area contributed by atoms with Gasteiger partial charge in [0.2, 0.25) is 5.82 Å². The van der Waals surface area contributed by atoms with Crippen LogP contribution in [0.5, 0.6) is 5.75 Å². The molecule has 0 saturated heterocycles. The molecule has 0 aliphatic rings. The van der Waals surface area contributed by atoms with Crippen LogP contribution < -0.4 is 10.5 Å². The SMILES string of the molecule is COc1ccc(C(=O)Cn2nnc(-c3ccccc3N)n2)cc1. The first kappa shape index (κ1) is 14.7. The Balaban J connectivity index is 1.76. The largest absolute Gasteiger partial charge is 0.497 e. The van der Waals surface area contributed by atoms with E-state index < -0.39 is 0 Å². The summed E-state index contributed by atoms with van der Waals surface area (Å²) in [5.41, 5.74) is 7.70. The van der Waals surface area contributed by atoms with Crippen LogP contribution in [0.1, 0.15) is 10.4 Å². The fraction of sp³-hybridized carbons (Fsp3) is 0.125. The second-order valence-corrected chi connectivity index (χ2v) is 4.88. The van der Waals surface area contributed by atoms with Crippen LogP contribution in [0, 0.1) is 0 Å². The number of methoxy groups -OCH3 is 1. The maximum absolute atomic E-state index is 12.2. The first-order chi connectivity index (χ1) is 11.2. The summed E-state index contributed by atoms with van der Waals surface area (Å²) in [4.78, 5) is 13.5. The van der Waals surface area contributed by atoms with E-state index >= 15 is 0 Å². The van der Waals surface area contributed by atoms with Gasteiger partial charge in [-0.05, 0) is 41.6 Å². The normalized spacial score (nSPS) is 10.5. The van der Waals surface area contributed by atoms with Crippen LogP contribution in [0.25, 0.3) is 11.4 Å². The highest BCUT2D eigenvalue weighted by Gasteiger charge is 2.12. The number of tetrazole rings is 1. The third-order valence-corrected chi connectivity index (χ3v) is 3.35. The van der Waals surface area contributed by atoms with Crippen LogP contribution in [-0.4, -0.2) is 33.1 Å². The van der Waals surface area contributed by atoms with Gasteiger partial charge >= 0.3 is 0 Å². The fourth-order valence-electron chi connectivity index (χ4n) is 2.12. The second kappa shape index (κ2) is 6.27. The summed E-state index contributed by atoms with van der Waals surface area (Å²) in [6.07, 6.45) is 0. The number of benzene rings is 2. The molecule has 0 unspecified atom stereocenters. The Hall–Kier alpha value is -3.22. The van der Waals surface area contributed by atoms with Crippen LogP contribution >= 0.6 is 0 Å². The Kier molecular flexibility index (Phi) is 4.01. The van der Waals surface area contributed by atoms with Gasteiger partial charge in [0.1, 0.15) is 12.3 Å². The molecular weight excluding hydrogens is 294 g/mol. The summed E-state index contributed by atoms with van der Waals surface area (Å²) >= 11 is 0. The number of nitrogens with zero attached hydrogens (tertiary/aromatic N) is 4. The number of Topliss-reactive ketones (excluding diaryl/α,β-unsaturated/α-hetero) is 1. The molecule has 0 aliphatic heterocycles. The third-order valence-electron chi connectivity index (χ3n) is 3.35. The Bertz CT molecular complexity index is 826. The number of aromatic nitrogens is 4. The molecule has 0 fully saturated rings. The van der Waals surface area contributed by atoms with E-state index in [4.69, 9.17) is 10.5 Å². The van der Waals surface area contributed by atoms with Gasteiger partial charge in [-0.25, -0.2) is 0 Å². The van der Waals surface area contributed by atoms with E-state index in [0.29, 0.717) is 28.4 Å². The molecule has 7 nitrogen and oxygen atoms in total. The molecule has 0 bridgehead atoms. The van der Waals surface area contributed by atoms with Gasteiger partial charge in [0.05, 0.1) is 7.11 Å². The summed E-state index contributed by atoms with van der Waals surface area (Å²) in [7, 11) is 1.58. The third kappa shape index (κ3) is 3.18. The van der Waals surface area contributed by atoms with Crippen LogP contribution in [0.15, 0.2) is 48.5 Å². The molecule has 0 aliphatic carbocycles. The minimum absolute atomic E-state index is 0.00602. The highest BCUT2D eigenvalue weighted by molar-refractivity contribution is 5.95. The van der Waals surface area contributed by atoms with Crippen molar-refractivity contribution >= 4 is 11.5 Å². The number of ether oxygens (including phenoxy) is 1. The molecule has 0 radical (unpaired) electrons. The number of nitrogen functional groups attached to an aromatic ring is 1. The molecule has 2 N–H and O–H groups in total. The molecule has 0 spiro atoms. The molecule has 0 amide bonds. The zero-order chi connectivity index (χ0) is 16.2. The van der Waals surface area contributed by atoms with E-state index in [2.05, 4.69) is 15.4 Å². The summed E-state index contributed by atoms with van der Waals surface area (Å²) in [6.45, 7) is 0.00602. The lowest BCUT2D eigenvalue weighted by atomic mass is 10.1. The van der Waals surface area contributed by atoms with Gasteiger partial charge in [-0.3, -0.25) is 4.79 Å². The number of anilines is 1. The molecule has 0 saturated carbocycles. The van der Waals surface area contributed by atoms with Crippen molar-refractivity contribution in [1.82, 2.24) is 20.2 Å². The number of rotatable bonds is 5. The predicted octanol–water partition coefficient (Wildman–Crippen LogP) is 1.81. The minimum Gasteiger partial charge on any atom is -0.497 e. The molecule has 1 heterocycles. The molecule has 7 heteroatoms. The number of para-hydroxylation sites is 1. The summed E-state index contributed by atoms with van der Waals surface area (Å²) < 4.78 is 5.07. The van der Waals surface area contributed by atoms with Gasteiger partial charge in [0.15, 0.2) is 5.78 Å². The highest BCUT2D eigenvalue weighted by atomic mass is 16.5. The molecular formula is C16H15N5O2. The predicted molar refractivity (Wildman–Crippen MR) is 85.0 cm³/mol. The van der Waals surface area contributed by atoms with Gasteiger partial charge in [-0.2, -0.15) is 4.80 Å². The van der Waals surface area contributed by atoms with Gasteiger partial charge in [-0.1, -0.05) is 12.1 Å². The highest BCUT2D eigenvalue weighted by Crippen LogP contribution is 2.20. The number of nitrogens with two attached hydrogens (primary N) is 1. The maximum Gasteiger partial charge on any atom is 0.207 e. The Morgan fingerprint density at radius 2 is 1.91 bits per heavy atom. The van der Waals surface area contributed by atoms with Gasteiger partial charge < -0.3 is 10.5 Å². The number of ketones is 1. The fourth-order valence-corrected chi connectivity index (χ4v) is 2.12. The van der Waals surface area contributed by atoms with Crippen molar-refractivity contribution in [2.24, 2.45) is 0 Å². The van der Waals surface area contributed by atoms with Gasteiger partial charge in [0.25, 0.3) is 0 Å². The molecule has 23 heavy (non-hydrogen) atoms. The second-order valence-electron chi connectivity index (χ2n) is 4.88. The van der Waals surface area contributed by atoms with E-state index in [-0.39, 0.29) is 12.3 Å². The lowest BCUT2D eigenvalue weighted by molar-refractivity contribution is 0.0961. The zero-order valence-electron chi connectivity index (χ0n) is 12.5. The first-order valence-corrected chi connectivity index (χ1v) is 6.97. The van der Waals surface area contributed by atoms with Crippen molar-refractivity contribution in [1.29, 1.82) is 0 Å². The molecule has 0 atom stereocenters. The smallest absolute Gasteiger partial charge is 0.207 e. The van der Waals surface area contributed by atoms with Crippen molar-refractivity contribution < 1.29 is 9.53 Å². The van der Waals surface area contributed by atoms with E-state index in [0.717, 1.165) is 0 Å². The number of hydrogen-bond acceptors (Lipinski definition) is 6. The lowest BCUT2D eigenvalue weighted by Crippen LogP contribution is -2.13. The van der Waals surface area contributed by atoms with Crippen LogP contribution in [-0.2, 0) is 6.54 Å². The topological polar surface area (TPSA) is 95.9 Å². The molecule has 1 aromatic heterocycles. The monoisotopic (exact) mass is 309 g/mol.